The SMILES string of the molecule is C(C=Cc1ccc(N(c2ccccc2)c2ccc(-c3ccc(N(c4ccccc4)c4ccc(C=CC=Cc5ccccc5)cc4)cc3)cc2)cc1)=Cc1ccccc1.COc1ccc(C(C)(C)c2ccc(OC(C)=O)c(C)c2)cc1C.COc1ccc(C(C)(c2ccccc2)c2ccc(OC(C)=O)cc2)cc1. The molecule has 532 valence electrons. The smallest absolute Gasteiger partial charge is 0.308 e. The molecule has 8 heteroatoms. The van der Waals surface area contributed by atoms with E-state index in [1.807, 2.05) is 98.8 Å². The predicted octanol–water partition coefficient (Wildman–Crippen LogP) is 25.3. The van der Waals surface area contributed by atoms with Crippen molar-refractivity contribution in [3.63, 3.8) is 0 Å². The Hall–Kier alpha value is -13.0. The number of nitrogens with zero attached hydrogens (tertiary/aromatic N) is 2. The Morgan fingerprint density at radius 2 is 0.598 bits per heavy atom. The summed E-state index contributed by atoms with van der Waals surface area (Å²) in [5.74, 6) is 2.26. The van der Waals surface area contributed by atoms with E-state index in [9.17, 15) is 9.59 Å². The number of esters is 2. The van der Waals surface area contributed by atoms with E-state index < -0.39 is 0 Å². The van der Waals surface area contributed by atoms with Crippen molar-refractivity contribution >= 4 is 70.4 Å². The highest BCUT2D eigenvalue weighted by Gasteiger charge is 2.31. The van der Waals surface area contributed by atoms with E-state index >= 15 is 0 Å². The fourth-order valence-electron chi connectivity index (χ4n) is 12.9. The molecule has 0 aliphatic rings. The summed E-state index contributed by atoms with van der Waals surface area (Å²) in [6.07, 6.45) is 16.8. The fraction of sp³-hybridized carbons (Fsp3) is 0.111. The first kappa shape index (κ1) is 75.1. The number of anilines is 6. The number of rotatable bonds is 22. The van der Waals surface area contributed by atoms with Crippen LogP contribution < -0.4 is 28.7 Å². The van der Waals surface area contributed by atoms with Crippen LogP contribution in [0.4, 0.5) is 34.1 Å². The van der Waals surface area contributed by atoms with Crippen LogP contribution in [0.1, 0.15) is 95.8 Å². The summed E-state index contributed by atoms with van der Waals surface area (Å²) in [5, 5.41) is 0. The quantitative estimate of drug-likeness (QED) is 0.0287. The summed E-state index contributed by atoms with van der Waals surface area (Å²) in [7, 11) is 3.35. The molecule has 0 saturated heterocycles. The molecule has 0 heterocycles. The van der Waals surface area contributed by atoms with Gasteiger partial charge < -0.3 is 28.7 Å². The second kappa shape index (κ2) is 36.4. The van der Waals surface area contributed by atoms with Gasteiger partial charge in [-0.25, -0.2) is 0 Å². The Morgan fingerprint density at radius 3 is 0.944 bits per heavy atom. The van der Waals surface area contributed by atoms with Crippen molar-refractivity contribution in [3.05, 3.63) is 419 Å². The molecular formula is C99H90N2O6. The molecule has 13 aromatic carbocycles. The molecule has 107 heavy (non-hydrogen) atoms. The van der Waals surface area contributed by atoms with Gasteiger partial charge >= 0.3 is 11.9 Å². The third-order valence-corrected chi connectivity index (χ3v) is 18.9. The van der Waals surface area contributed by atoms with Gasteiger partial charge in [-0.15, -0.1) is 0 Å². The Labute approximate surface area is 631 Å². The Balaban J connectivity index is 0.000000191. The fourth-order valence-corrected chi connectivity index (χ4v) is 12.9. The minimum Gasteiger partial charge on any atom is -0.497 e. The van der Waals surface area contributed by atoms with Gasteiger partial charge in [0, 0.05) is 58.8 Å². The summed E-state index contributed by atoms with van der Waals surface area (Å²) >= 11 is 0. The lowest BCUT2D eigenvalue weighted by atomic mass is 9.71. The van der Waals surface area contributed by atoms with E-state index in [2.05, 4.69) is 328 Å². The van der Waals surface area contributed by atoms with E-state index in [4.69, 9.17) is 18.9 Å². The number of para-hydroxylation sites is 2. The number of carbonyl (C=O) groups is 2. The Kier molecular flexibility index (Phi) is 25.6. The lowest BCUT2D eigenvalue weighted by Crippen LogP contribution is -2.25. The summed E-state index contributed by atoms with van der Waals surface area (Å²) in [6, 6.07) is 115. The molecule has 13 aromatic rings. The maximum Gasteiger partial charge on any atom is 0.308 e. The van der Waals surface area contributed by atoms with Gasteiger partial charge in [0.2, 0.25) is 0 Å². The van der Waals surface area contributed by atoms with Crippen LogP contribution in [-0.2, 0) is 20.4 Å². The van der Waals surface area contributed by atoms with Crippen LogP contribution in [0.25, 0.3) is 35.4 Å². The van der Waals surface area contributed by atoms with Crippen LogP contribution in [0.2, 0.25) is 0 Å². The molecule has 0 saturated carbocycles. The van der Waals surface area contributed by atoms with Crippen molar-refractivity contribution in [3.8, 4) is 34.1 Å². The third-order valence-electron chi connectivity index (χ3n) is 18.9. The summed E-state index contributed by atoms with van der Waals surface area (Å²) in [4.78, 5) is 26.9. The molecule has 0 amide bonds. The van der Waals surface area contributed by atoms with Crippen molar-refractivity contribution < 1.29 is 28.5 Å². The standard InChI is InChI=1S/C56H44N2.C23H22O3.C20H24O3/c1-5-17-45(18-6-1)21-13-15-23-47-29-37-53(38-30-47)57(51-25-9-3-10-26-51)55-41-33-49(34-42-55)50-35-43-56(44-36-50)58(52-27-11-4-12-28-52)54-39-31-48(32-40-54)24-16-14-22-46-19-7-2-8-20-46;1-17(24)26-22-15-11-20(12-16-22)23(2,18-7-5-4-6-8-18)19-9-13-21(25-3)14-10-19;1-13-11-16(7-9-18(13)22-6)20(4,5)17-8-10-19(14(2)12-17)23-15(3)21/h1-44H;4-16H,1-3H3;7-12H,1-6H3. The average Bonchev–Trinajstić information content (AvgIpc) is 0.785. The maximum atomic E-state index is 11.2. The molecule has 0 bridgehead atoms. The number of carbonyl (C=O) groups excluding carboxylic acids is 2. The lowest BCUT2D eigenvalue weighted by molar-refractivity contribution is -0.132. The molecule has 8 nitrogen and oxygen atoms in total. The van der Waals surface area contributed by atoms with E-state index in [1.165, 1.54) is 41.7 Å². The van der Waals surface area contributed by atoms with Gasteiger partial charge in [0.05, 0.1) is 14.2 Å². The number of ether oxygens (including phenoxy) is 4. The first-order valence-corrected chi connectivity index (χ1v) is 35.9. The van der Waals surface area contributed by atoms with Crippen molar-refractivity contribution in [1.29, 1.82) is 0 Å². The van der Waals surface area contributed by atoms with Gasteiger partial charge in [-0.2, -0.15) is 0 Å². The van der Waals surface area contributed by atoms with Crippen molar-refractivity contribution in [2.45, 2.75) is 59.3 Å². The average molecular weight is 1400 g/mol. The van der Waals surface area contributed by atoms with Gasteiger partial charge in [-0.3, -0.25) is 9.59 Å². The number of benzene rings is 13. The molecule has 1 atom stereocenters. The maximum absolute atomic E-state index is 11.2. The van der Waals surface area contributed by atoms with E-state index in [-0.39, 0.29) is 22.8 Å². The zero-order valence-electron chi connectivity index (χ0n) is 62.2. The number of allylic oxidation sites excluding steroid dienone is 4. The molecule has 0 radical (unpaired) electrons. The highest BCUT2D eigenvalue weighted by Crippen LogP contribution is 2.42. The van der Waals surface area contributed by atoms with Crippen LogP contribution in [0, 0.1) is 13.8 Å². The summed E-state index contributed by atoms with van der Waals surface area (Å²) in [5.41, 5.74) is 21.0. The van der Waals surface area contributed by atoms with Gasteiger partial charge in [-0.1, -0.05) is 287 Å². The zero-order chi connectivity index (χ0) is 75.0. The second-order valence-corrected chi connectivity index (χ2v) is 26.6. The molecule has 0 aliphatic carbocycles. The first-order chi connectivity index (χ1) is 52.1. The molecule has 13 rings (SSSR count). The molecule has 0 N–H and O–H groups in total. The van der Waals surface area contributed by atoms with E-state index in [0.717, 1.165) is 90.1 Å². The normalized spacial score (nSPS) is 11.8. The Morgan fingerprint density at radius 1 is 0.299 bits per heavy atom. The van der Waals surface area contributed by atoms with E-state index in [1.54, 1.807) is 14.2 Å². The largest absolute Gasteiger partial charge is 0.497 e. The number of hydrogen-bond donors (Lipinski definition) is 0. The third kappa shape index (κ3) is 19.8. The van der Waals surface area contributed by atoms with Crippen LogP contribution in [0.3, 0.4) is 0 Å². The zero-order valence-corrected chi connectivity index (χ0v) is 62.2. The van der Waals surface area contributed by atoms with Crippen molar-refractivity contribution in [2.75, 3.05) is 24.0 Å². The van der Waals surface area contributed by atoms with Crippen LogP contribution in [-0.4, -0.2) is 26.2 Å². The van der Waals surface area contributed by atoms with Gasteiger partial charge in [0.25, 0.3) is 0 Å². The Bertz CT molecular complexity index is 4930. The molecule has 1 unspecified atom stereocenters. The van der Waals surface area contributed by atoms with Gasteiger partial charge in [0.15, 0.2) is 0 Å². The predicted molar refractivity (Wildman–Crippen MR) is 445 cm³/mol. The molecule has 0 fully saturated rings. The highest BCUT2D eigenvalue weighted by atomic mass is 16.5. The minimum atomic E-state index is -0.345. The molecule has 0 spiro atoms. The van der Waals surface area contributed by atoms with Crippen molar-refractivity contribution in [1.82, 2.24) is 0 Å². The number of aryl methyl sites for hydroxylation is 2. The van der Waals surface area contributed by atoms with Gasteiger partial charge in [-0.05, 0) is 202 Å². The molecule has 0 aliphatic heterocycles. The van der Waals surface area contributed by atoms with Crippen LogP contribution in [0.5, 0.6) is 23.0 Å². The minimum absolute atomic E-state index is 0.156. The van der Waals surface area contributed by atoms with Crippen LogP contribution >= 0.6 is 0 Å². The second-order valence-electron chi connectivity index (χ2n) is 26.6. The summed E-state index contributed by atoms with van der Waals surface area (Å²) < 4.78 is 21.0. The lowest BCUT2D eigenvalue weighted by Gasteiger charge is -2.32. The number of methoxy groups -OCH3 is 2. The summed E-state index contributed by atoms with van der Waals surface area (Å²) in [6.45, 7) is 13.4. The van der Waals surface area contributed by atoms with Crippen LogP contribution in [0.15, 0.2) is 358 Å². The molecule has 0 aromatic heterocycles. The number of hydrogen-bond acceptors (Lipinski definition) is 8. The highest BCUT2D eigenvalue weighted by molar-refractivity contribution is 5.82. The van der Waals surface area contributed by atoms with Gasteiger partial charge in [0.1, 0.15) is 23.0 Å². The monoisotopic (exact) mass is 1400 g/mol. The first-order valence-electron chi connectivity index (χ1n) is 35.9. The topological polar surface area (TPSA) is 77.5 Å². The molecular weight excluding hydrogens is 1310 g/mol. The van der Waals surface area contributed by atoms with Crippen molar-refractivity contribution in [2.24, 2.45) is 0 Å². The van der Waals surface area contributed by atoms with E-state index in [0.29, 0.717) is 11.5 Å².